The number of aliphatic hydroxyl groups is 1. The van der Waals surface area contributed by atoms with Crippen LogP contribution in [0.5, 0.6) is 5.75 Å². The largest absolute Gasteiger partial charge is 0.508 e. The summed E-state index contributed by atoms with van der Waals surface area (Å²) in [6.07, 6.45) is 0. The molecule has 1 aromatic carbocycles. The van der Waals surface area contributed by atoms with E-state index in [2.05, 4.69) is 4.18 Å². The molecule has 7 nitrogen and oxygen atoms in total. The molecule has 1 aromatic rings. The van der Waals surface area contributed by atoms with E-state index in [-0.39, 0.29) is 11.3 Å². The van der Waals surface area contributed by atoms with Gasteiger partial charge in [0.2, 0.25) is 0 Å². The van der Waals surface area contributed by atoms with Gasteiger partial charge in [-0.1, -0.05) is 12.1 Å². The van der Waals surface area contributed by atoms with Crippen molar-refractivity contribution in [3.63, 3.8) is 0 Å². The van der Waals surface area contributed by atoms with Crippen molar-refractivity contribution in [2.24, 2.45) is 0 Å². The van der Waals surface area contributed by atoms with E-state index in [1.807, 2.05) is 0 Å². The molecule has 0 bridgehead atoms. The van der Waals surface area contributed by atoms with Gasteiger partial charge in [-0.25, -0.2) is 4.79 Å². The third-order valence-electron chi connectivity index (χ3n) is 2.01. The predicted octanol–water partition coefficient (Wildman–Crippen LogP) is -0.0543. The number of carbonyl (C=O) groups excluding carboxylic acids is 1. The van der Waals surface area contributed by atoms with Crippen molar-refractivity contribution in [3.8, 4) is 5.75 Å². The fourth-order valence-corrected chi connectivity index (χ4v) is 1.43. The topological polar surface area (TPSA) is 121 Å². The molecule has 0 aliphatic rings. The minimum atomic E-state index is -4.98. The molecule has 0 radical (unpaired) electrons. The summed E-state index contributed by atoms with van der Waals surface area (Å²) in [5.74, 6) is -1.64. The second kappa shape index (κ2) is 4.32. The molecule has 0 saturated heterocycles. The summed E-state index contributed by atoms with van der Waals surface area (Å²) < 4.78 is 32.7. The molecule has 0 saturated carbocycles. The molecular weight excluding hydrogens is 252 g/mol. The van der Waals surface area contributed by atoms with Crippen molar-refractivity contribution < 1.29 is 32.2 Å². The van der Waals surface area contributed by atoms with Crippen molar-refractivity contribution in [1.29, 1.82) is 0 Å². The first kappa shape index (κ1) is 13.4. The van der Waals surface area contributed by atoms with Gasteiger partial charge in [-0.3, -0.25) is 4.55 Å². The SMILES string of the molecule is CC(O)(C(=O)OS(=O)(=O)O)c1ccc(O)cc1. The van der Waals surface area contributed by atoms with Gasteiger partial charge < -0.3 is 14.4 Å². The van der Waals surface area contributed by atoms with Gasteiger partial charge in [0, 0.05) is 0 Å². The van der Waals surface area contributed by atoms with Gasteiger partial charge in [0.15, 0.2) is 5.60 Å². The molecule has 3 N–H and O–H groups in total. The first-order valence-corrected chi connectivity index (χ1v) is 5.72. The molecule has 0 heterocycles. The van der Waals surface area contributed by atoms with Crippen LogP contribution in [0.15, 0.2) is 24.3 Å². The summed E-state index contributed by atoms with van der Waals surface area (Å²) in [6, 6.07) is 4.82. The summed E-state index contributed by atoms with van der Waals surface area (Å²) in [4.78, 5) is 11.3. The lowest BCUT2D eigenvalue weighted by atomic mass is 9.96. The maximum atomic E-state index is 11.3. The van der Waals surface area contributed by atoms with Crippen molar-refractivity contribution in [2.75, 3.05) is 0 Å². The van der Waals surface area contributed by atoms with Crippen LogP contribution in [0.3, 0.4) is 0 Å². The monoisotopic (exact) mass is 262 g/mol. The van der Waals surface area contributed by atoms with Crippen LogP contribution in [0.4, 0.5) is 0 Å². The fourth-order valence-electron chi connectivity index (χ4n) is 1.08. The zero-order valence-corrected chi connectivity index (χ0v) is 9.51. The number of phenolic OH excluding ortho intramolecular Hbond substituents is 1. The summed E-state index contributed by atoms with van der Waals surface area (Å²) in [6.45, 7) is 0.993. The van der Waals surface area contributed by atoms with Crippen LogP contribution in [0.2, 0.25) is 0 Å². The van der Waals surface area contributed by atoms with E-state index in [9.17, 15) is 18.3 Å². The number of hydrogen-bond acceptors (Lipinski definition) is 6. The molecule has 8 heteroatoms. The average molecular weight is 262 g/mol. The molecule has 1 atom stereocenters. The molecule has 0 fully saturated rings. The van der Waals surface area contributed by atoms with Crippen molar-refractivity contribution in [2.45, 2.75) is 12.5 Å². The van der Waals surface area contributed by atoms with Crippen LogP contribution in [0.25, 0.3) is 0 Å². The first-order valence-electron chi connectivity index (χ1n) is 4.36. The summed E-state index contributed by atoms with van der Waals surface area (Å²) in [5.41, 5.74) is -2.26. The van der Waals surface area contributed by atoms with Crippen LogP contribution < -0.4 is 0 Å². The molecule has 17 heavy (non-hydrogen) atoms. The van der Waals surface area contributed by atoms with Crippen molar-refractivity contribution in [3.05, 3.63) is 29.8 Å². The standard InChI is InChI=1S/C9H10O7S/c1-9(12,8(11)16-17(13,14)15)6-2-4-7(10)5-3-6/h2-5,10,12H,1H3,(H,13,14,15). The third-order valence-corrected chi connectivity index (χ3v) is 2.37. The number of aromatic hydroxyl groups is 1. The lowest BCUT2D eigenvalue weighted by Gasteiger charge is -2.20. The van der Waals surface area contributed by atoms with Crippen LogP contribution in [-0.2, 0) is 25.0 Å². The Morgan fingerprint density at radius 2 is 1.76 bits per heavy atom. The van der Waals surface area contributed by atoms with Crippen LogP contribution >= 0.6 is 0 Å². The fraction of sp³-hybridized carbons (Fsp3) is 0.222. The van der Waals surface area contributed by atoms with E-state index in [4.69, 9.17) is 9.66 Å². The maximum absolute atomic E-state index is 11.3. The van der Waals surface area contributed by atoms with E-state index in [0.29, 0.717) is 0 Å². The number of carbonyl (C=O) groups is 1. The smallest absolute Gasteiger partial charge is 0.449 e. The minimum Gasteiger partial charge on any atom is -0.508 e. The highest BCUT2D eigenvalue weighted by atomic mass is 32.3. The molecule has 94 valence electrons. The Labute approximate surface area is 97.2 Å². The zero-order valence-electron chi connectivity index (χ0n) is 8.69. The highest BCUT2D eigenvalue weighted by molar-refractivity contribution is 7.81. The van der Waals surface area contributed by atoms with Gasteiger partial charge in [-0.05, 0) is 24.6 Å². The van der Waals surface area contributed by atoms with Crippen LogP contribution in [-0.4, -0.2) is 29.2 Å². The molecule has 0 aliphatic heterocycles. The van der Waals surface area contributed by atoms with E-state index < -0.39 is 22.0 Å². The maximum Gasteiger partial charge on any atom is 0.449 e. The van der Waals surface area contributed by atoms with E-state index >= 15 is 0 Å². The Balaban J connectivity index is 3.02. The average Bonchev–Trinajstić information content (AvgIpc) is 2.15. The number of rotatable bonds is 3. The summed E-state index contributed by atoms with van der Waals surface area (Å²) in [5, 5.41) is 18.8. The van der Waals surface area contributed by atoms with Gasteiger partial charge in [0.25, 0.3) is 0 Å². The molecular formula is C9H10O7S. The van der Waals surface area contributed by atoms with Crippen molar-refractivity contribution in [1.82, 2.24) is 0 Å². The molecule has 0 spiro atoms. The van der Waals surface area contributed by atoms with E-state index in [1.165, 1.54) is 24.3 Å². The molecule has 1 unspecified atom stereocenters. The quantitative estimate of drug-likeness (QED) is 0.652. The molecule has 0 amide bonds. The Bertz CT molecular complexity index is 515. The number of benzene rings is 1. The summed E-state index contributed by atoms with van der Waals surface area (Å²) >= 11 is 0. The molecule has 1 rings (SSSR count). The molecule has 0 aromatic heterocycles. The van der Waals surface area contributed by atoms with Gasteiger partial charge in [-0.15, -0.1) is 0 Å². The lowest BCUT2D eigenvalue weighted by molar-refractivity contribution is -0.154. The van der Waals surface area contributed by atoms with E-state index in [1.54, 1.807) is 0 Å². The second-order valence-corrected chi connectivity index (χ2v) is 4.44. The normalized spacial score (nSPS) is 15.0. The van der Waals surface area contributed by atoms with Crippen molar-refractivity contribution >= 4 is 16.4 Å². The lowest BCUT2D eigenvalue weighted by Crippen LogP contribution is -2.35. The van der Waals surface area contributed by atoms with Gasteiger partial charge in [-0.2, -0.15) is 8.42 Å². The minimum absolute atomic E-state index is 0.00366. The number of hydrogen-bond donors (Lipinski definition) is 3. The predicted molar refractivity (Wildman–Crippen MR) is 55.3 cm³/mol. The Hall–Kier alpha value is -1.64. The highest BCUT2D eigenvalue weighted by Gasteiger charge is 2.37. The number of phenols is 1. The van der Waals surface area contributed by atoms with Gasteiger partial charge in [0.05, 0.1) is 0 Å². The Kier molecular flexibility index (Phi) is 3.41. The first-order chi connectivity index (χ1) is 7.63. The van der Waals surface area contributed by atoms with Crippen LogP contribution in [0, 0.1) is 0 Å². The van der Waals surface area contributed by atoms with Gasteiger partial charge in [0.1, 0.15) is 5.75 Å². The zero-order chi connectivity index (χ0) is 13.3. The third kappa shape index (κ3) is 3.41. The Morgan fingerprint density at radius 3 is 2.18 bits per heavy atom. The molecule has 0 aliphatic carbocycles. The highest BCUT2D eigenvalue weighted by Crippen LogP contribution is 2.24. The van der Waals surface area contributed by atoms with Crippen LogP contribution in [0.1, 0.15) is 12.5 Å². The second-order valence-electron chi connectivity index (χ2n) is 3.42. The van der Waals surface area contributed by atoms with Gasteiger partial charge >= 0.3 is 16.4 Å². The Morgan fingerprint density at radius 1 is 1.29 bits per heavy atom. The summed E-state index contributed by atoms with van der Waals surface area (Å²) in [7, 11) is -4.98. The van der Waals surface area contributed by atoms with E-state index in [0.717, 1.165) is 6.92 Å².